The van der Waals surface area contributed by atoms with Gasteiger partial charge < -0.3 is 45.1 Å². The predicted molar refractivity (Wildman–Crippen MR) is 301 cm³/mol. The molecule has 7 unspecified atom stereocenters. The normalized spacial score (nSPS) is 19.0. The van der Waals surface area contributed by atoms with Gasteiger partial charge >= 0.3 is 5.97 Å². The van der Waals surface area contributed by atoms with Crippen LogP contribution in [0.1, 0.15) is 296 Å². The number of rotatable bonds is 54. The fourth-order valence-electron chi connectivity index (χ4n) is 9.84. The zero-order valence-electron chi connectivity index (χ0n) is 47.4. The van der Waals surface area contributed by atoms with E-state index in [0.29, 0.717) is 19.4 Å². The number of aliphatic hydroxyl groups is 5. The van der Waals surface area contributed by atoms with Gasteiger partial charge in [0.1, 0.15) is 24.4 Å². The second-order valence-electron chi connectivity index (χ2n) is 21.8. The van der Waals surface area contributed by atoms with Crippen LogP contribution in [0.4, 0.5) is 0 Å². The maximum atomic E-state index is 13.0. The Bertz CT molecular complexity index is 1260. The highest BCUT2D eigenvalue weighted by atomic mass is 16.7. The molecule has 0 saturated carbocycles. The van der Waals surface area contributed by atoms with Crippen molar-refractivity contribution in [3.05, 3.63) is 24.3 Å². The van der Waals surface area contributed by atoms with Gasteiger partial charge in [-0.05, 0) is 57.8 Å². The topological polar surface area (TPSA) is 175 Å². The van der Waals surface area contributed by atoms with E-state index >= 15 is 0 Å². The summed E-state index contributed by atoms with van der Waals surface area (Å²) in [5, 5.41) is 54.2. The lowest BCUT2D eigenvalue weighted by Gasteiger charge is -2.40. The second-order valence-corrected chi connectivity index (χ2v) is 21.8. The number of carbonyl (C=O) groups excluding carboxylic acids is 2. The lowest BCUT2D eigenvalue weighted by molar-refractivity contribution is -0.302. The number of unbranched alkanes of at least 4 members (excludes halogenated alkanes) is 38. The monoisotopic (exact) mass is 1040 g/mol. The summed E-state index contributed by atoms with van der Waals surface area (Å²) < 4.78 is 16.7. The lowest BCUT2D eigenvalue weighted by atomic mass is 9.99. The Hall–Kier alpha value is -1.86. The van der Waals surface area contributed by atoms with Crippen LogP contribution in [-0.2, 0) is 23.8 Å². The highest BCUT2D eigenvalue weighted by Gasteiger charge is 2.44. The molecule has 0 radical (unpaired) electrons. The number of hydrogen-bond donors (Lipinski definition) is 6. The van der Waals surface area contributed by atoms with Crippen LogP contribution >= 0.6 is 0 Å². The Kier molecular flexibility index (Phi) is 49.5. The molecule has 6 N–H and O–H groups in total. The van der Waals surface area contributed by atoms with Crippen LogP contribution < -0.4 is 5.32 Å². The number of aliphatic hydroxyl groups excluding tert-OH is 5. The van der Waals surface area contributed by atoms with Crippen molar-refractivity contribution in [2.75, 3.05) is 19.8 Å². The molecule has 430 valence electrons. The van der Waals surface area contributed by atoms with Gasteiger partial charge in [-0.3, -0.25) is 9.59 Å². The Morgan fingerprint density at radius 2 is 0.877 bits per heavy atom. The predicted octanol–water partition coefficient (Wildman–Crippen LogP) is 14.5. The molecular weight excluding hydrogens is 919 g/mol. The van der Waals surface area contributed by atoms with Gasteiger partial charge in [0.2, 0.25) is 5.91 Å². The van der Waals surface area contributed by atoms with E-state index in [0.717, 1.165) is 57.8 Å². The molecule has 1 amide bonds. The molecule has 0 bridgehead atoms. The van der Waals surface area contributed by atoms with E-state index in [1.165, 1.54) is 212 Å². The summed E-state index contributed by atoms with van der Waals surface area (Å²) in [6.45, 7) is 4.31. The SMILES string of the molecule is CCCCCC/C=C\CCCCCCCC(=O)OCCCCCCCCCCCCCCCCCCCCCCCCCC(=O)NC(COC1OC(CO)C(O)C(O)C1O)C(O)/C=C/CCCCCCCCC. The van der Waals surface area contributed by atoms with Crippen molar-refractivity contribution in [3.63, 3.8) is 0 Å². The van der Waals surface area contributed by atoms with E-state index < -0.39 is 49.5 Å². The molecule has 1 fully saturated rings. The number of allylic oxidation sites excluding steroid dienone is 3. The van der Waals surface area contributed by atoms with Crippen molar-refractivity contribution in [1.29, 1.82) is 0 Å². The molecule has 7 atom stereocenters. The Morgan fingerprint density at radius 3 is 1.33 bits per heavy atom. The molecule has 1 saturated heterocycles. The average Bonchev–Trinajstić information content (AvgIpc) is 3.39. The lowest BCUT2D eigenvalue weighted by Crippen LogP contribution is -2.60. The minimum absolute atomic E-state index is 0.00657. The number of carbonyl (C=O) groups is 2. The molecule has 0 spiro atoms. The fourth-order valence-corrected chi connectivity index (χ4v) is 9.84. The third-order valence-electron chi connectivity index (χ3n) is 14.8. The average molecular weight is 1040 g/mol. The van der Waals surface area contributed by atoms with E-state index in [1.807, 2.05) is 6.08 Å². The Balaban J connectivity index is 1.97. The summed E-state index contributed by atoms with van der Waals surface area (Å²) >= 11 is 0. The molecule has 1 rings (SSSR count). The highest BCUT2D eigenvalue weighted by Crippen LogP contribution is 2.23. The van der Waals surface area contributed by atoms with Crippen LogP contribution in [0.15, 0.2) is 24.3 Å². The molecule has 0 aromatic rings. The Morgan fingerprint density at radius 1 is 0.493 bits per heavy atom. The number of amides is 1. The van der Waals surface area contributed by atoms with Gasteiger partial charge in [0.25, 0.3) is 0 Å². The summed E-state index contributed by atoms with van der Waals surface area (Å²) in [5.74, 6) is -0.189. The smallest absolute Gasteiger partial charge is 0.305 e. The number of nitrogens with one attached hydrogen (secondary N) is 1. The van der Waals surface area contributed by atoms with Crippen LogP contribution in [0, 0.1) is 0 Å². The van der Waals surface area contributed by atoms with Gasteiger partial charge in [-0.1, -0.05) is 250 Å². The van der Waals surface area contributed by atoms with E-state index in [-0.39, 0.29) is 18.5 Å². The van der Waals surface area contributed by atoms with Crippen molar-refractivity contribution >= 4 is 11.9 Å². The van der Waals surface area contributed by atoms with Crippen LogP contribution in [0.3, 0.4) is 0 Å². The molecule has 0 aliphatic carbocycles. The maximum absolute atomic E-state index is 13.0. The summed E-state index contributed by atoms with van der Waals surface area (Å²) in [5.41, 5.74) is 0. The van der Waals surface area contributed by atoms with E-state index in [2.05, 4.69) is 31.3 Å². The minimum atomic E-state index is -1.57. The first kappa shape index (κ1) is 69.2. The zero-order chi connectivity index (χ0) is 53.1. The molecule has 0 aromatic heterocycles. The van der Waals surface area contributed by atoms with Crippen LogP contribution in [-0.4, -0.2) is 100 Å². The van der Waals surface area contributed by atoms with Crippen molar-refractivity contribution < 1.29 is 49.3 Å². The molecule has 73 heavy (non-hydrogen) atoms. The molecule has 1 heterocycles. The van der Waals surface area contributed by atoms with Crippen molar-refractivity contribution in [1.82, 2.24) is 5.32 Å². The quantitative estimate of drug-likeness (QED) is 0.0195. The second kappa shape index (κ2) is 52.2. The van der Waals surface area contributed by atoms with Gasteiger partial charge in [-0.2, -0.15) is 0 Å². The number of ether oxygens (including phenoxy) is 3. The van der Waals surface area contributed by atoms with Crippen LogP contribution in [0.5, 0.6) is 0 Å². The van der Waals surface area contributed by atoms with Gasteiger partial charge in [-0.25, -0.2) is 0 Å². The van der Waals surface area contributed by atoms with Crippen molar-refractivity contribution in [2.45, 2.75) is 339 Å². The van der Waals surface area contributed by atoms with Gasteiger partial charge in [0.15, 0.2) is 6.29 Å². The summed E-state index contributed by atoms with van der Waals surface area (Å²) in [6.07, 6.45) is 52.9. The van der Waals surface area contributed by atoms with Crippen molar-refractivity contribution in [3.8, 4) is 0 Å². The number of esters is 1. The Labute approximate surface area is 448 Å². The van der Waals surface area contributed by atoms with Gasteiger partial charge in [0.05, 0.1) is 32.0 Å². The maximum Gasteiger partial charge on any atom is 0.305 e. The first-order chi connectivity index (χ1) is 35.7. The van der Waals surface area contributed by atoms with Crippen LogP contribution in [0.2, 0.25) is 0 Å². The first-order valence-electron chi connectivity index (χ1n) is 31.1. The molecule has 1 aliphatic heterocycles. The molecule has 0 aromatic carbocycles. The third kappa shape index (κ3) is 41.9. The number of hydrogen-bond acceptors (Lipinski definition) is 10. The fraction of sp³-hybridized carbons (Fsp3) is 0.903. The van der Waals surface area contributed by atoms with Crippen molar-refractivity contribution in [2.24, 2.45) is 0 Å². The summed E-state index contributed by atoms with van der Waals surface area (Å²) in [4.78, 5) is 25.0. The highest BCUT2D eigenvalue weighted by molar-refractivity contribution is 5.76. The summed E-state index contributed by atoms with van der Waals surface area (Å²) in [7, 11) is 0. The van der Waals surface area contributed by atoms with E-state index in [1.54, 1.807) is 6.08 Å². The first-order valence-corrected chi connectivity index (χ1v) is 31.1. The minimum Gasteiger partial charge on any atom is -0.466 e. The molecular formula is C62H117NO10. The zero-order valence-corrected chi connectivity index (χ0v) is 47.4. The van der Waals surface area contributed by atoms with E-state index in [4.69, 9.17) is 14.2 Å². The molecule has 1 aliphatic rings. The van der Waals surface area contributed by atoms with Crippen LogP contribution in [0.25, 0.3) is 0 Å². The third-order valence-corrected chi connectivity index (χ3v) is 14.8. The largest absolute Gasteiger partial charge is 0.466 e. The summed E-state index contributed by atoms with van der Waals surface area (Å²) in [6, 6.07) is -0.808. The standard InChI is InChI=1S/C62H117NO10/c1-3-5-7-9-11-13-14-26-30-34-38-42-46-50-58(67)71-51-47-43-39-35-31-28-25-23-21-19-17-15-16-18-20-22-24-27-29-33-37-41-45-49-57(66)63-54(55(65)48-44-40-36-32-12-10-8-6-4-2)53-72-62-61(70)60(69)59(68)56(52-64)73-62/h13-14,44,48,54-56,59-62,64-65,68-70H,3-12,15-43,45-47,49-53H2,1-2H3,(H,63,66)/b14-13-,48-44+. The molecule has 11 heteroatoms. The molecule has 11 nitrogen and oxygen atoms in total. The van der Waals surface area contributed by atoms with Gasteiger partial charge in [0, 0.05) is 12.8 Å². The van der Waals surface area contributed by atoms with E-state index in [9.17, 15) is 35.1 Å². The van der Waals surface area contributed by atoms with Gasteiger partial charge in [-0.15, -0.1) is 0 Å².